The number of anilines is 1. The number of hydrazine groups is 1. The highest BCUT2D eigenvalue weighted by Crippen LogP contribution is 2.26. The summed E-state index contributed by atoms with van der Waals surface area (Å²) in [6, 6.07) is 0.103. The number of thioether (sulfide) groups is 1. The van der Waals surface area contributed by atoms with Crippen LogP contribution in [0.15, 0.2) is 5.16 Å². The Morgan fingerprint density at radius 2 is 2.22 bits per heavy atom. The molecule has 1 unspecified atom stereocenters. The van der Waals surface area contributed by atoms with Crippen LogP contribution in [0.2, 0.25) is 0 Å². The number of nitrogen functional groups attached to an aromatic ring is 1. The first kappa shape index (κ1) is 14.7. The first-order valence-corrected chi connectivity index (χ1v) is 6.25. The van der Waals surface area contributed by atoms with E-state index in [0.717, 1.165) is 0 Å². The van der Waals surface area contributed by atoms with Gasteiger partial charge in [0.1, 0.15) is 5.25 Å². The number of carbonyl (C=O) groups excluding carboxylic acids is 1. The lowest BCUT2D eigenvalue weighted by Crippen LogP contribution is -2.39. The summed E-state index contributed by atoms with van der Waals surface area (Å²) in [6.07, 6.45) is 0. The molecule has 1 aromatic heterocycles. The molecule has 5 N–H and O–H groups in total. The number of nitrogens with zero attached hydrogens (tertiary/aromatic N) is 3. The van der Waals surface area contributed by atoms with E-state index in [-0.39, 0.29) is 18.6 Å². The molecule has 1 aromatic rings. The second-order valence-electron chi connectivity index (χ2n) is 3.87. The van der Waals surface area contributed by atoms with Gasteiger partial charge in [-0.3, -0.25) is 14.8 Å². The molecule has 0 radical (unpaired) electrons. The summed E-state index contributed by atoms with van der Waals surface area (Å²) in [5.74, 6) is 5.11. The van der Waals surface area contributed by atoms with E-state index in [0.29, 0.717) is 11.1 Å². The van der Waals surface area contributed by atoms with Crippen LogP contribution in [0.25, 0.3) is 0 Å². The molecule has 0 saturated heterocycles. The minimum absolute atomic E-state index is 0.103. The zero-order valence-electron chi connectivity index (χ0n) is 10.6. The number of hydrogen-bond acceptors (Lipinski definition) is 7. The average Bonchev–Trinajstić information content (AvgIpc) is 2.69. The minimum atomic E-state index is -0.499. The van der Waals surface area contributed by atoms with Crippen molar-refractivity contribution in [3.05, 3.63) is 0 Å². The van der Waals surface area contributed by atoms with Crippen molar-refractivity contribution < 1.29 is 9.53 Å². The molecule has 0 aliphatic carbocycles. The van der Waals surface area contributed by atoms with Gasteiger partial charge in [0.05, 0.1) is 6.61 Å². The first-order valence-electron chi connectivity index (χ1n) is 5.37. The summed E-state index contributed by atoms with van der Waals surface area (Å²) < 4.78 is 6.73. The number of hydrogen-bond donors (Lipinski definition) is 3. The molecular weight excluding hydrogens is 256 g/mol. The number of nitrogens with one attached hydrogen (secondary N) is 1. The average molecular weight is 274 g/mol. The maximum absolute atomic E-state index is 11.6. The van der Waals surface area contributed by atoms with Crippen LogP contribution in [0.5, 0.6) is 0 Å². The summed E-state index contributed by atoms with van der Waals surface area (Å²) in [4.78, 5) is 11.6. The Balaban J connectivity index is 2.90. The molecule has 0 aliphatic rings. The number of carbonyl (C=O) groups is 1. The SMILES string of the molecule is COCC(Sc1nnc(N)n1C(C)C)C(=O)NN. The fourth-order valence-corrected chi connectivity index (χ4v) is 2.53. The fraction of sp³-hybridized carbons (Fsp3) is 0.667. The van der Waals surface area contributed by atoms with Crippen LogP contribution in [-0.2, 0) is 9.53 Å². The highest BCUT2D eigenvalue weighted by Gasteiger charge is 2.23. The molecular formula is C9H18N6O2S. The molecule has 0 spiro atoms. The summed E-state index contributed by atoms with van der Waals surface area (Å²) in [7, 11) is 1.51. The van der Waals surface area contributed by atoms with Gasteiger partial charge in [-0.1, -0.05) is 11.8 Å². The molecule has 1 heterocycles. The third-order valence-corrected chi connectivity index (χ3v) is 3.33. The van der Waals surface area contributed by atoms with E-state index in [2.05, 4.69) is 15.6 Å². The van der Waals surface area contributed by atoms with E-state index in [1.54, 1.807) is 4.57 Å². The lowest BCUT2D eigenvalue weighted by molar-refractivity contribution is -0.121. The molecule has 9 heteroatoms. The first-order chi connectivity index (χ1) is 8.51. The zero-order valence-corrected chi connectivity index (χ0v) is 11.4. The quantitative estimate of drug-likeness (QED) is 0.278. The van der Waals surface area contributed by atoms with Crippen molar-refractivity contribution in [3.8, 4) is 0 Å². The molecule has 1 rings (SSSR count). The lowest BCUT2D eigenvalue weighted by atomic mass is 10.4. The van der Waals surface area contributed by atoms with Crippen LogP contribution in [0.4, 0.5) is 5.95 Å². The van der Waals surface area contributed by atoms with Crippen LogP contribution >= 0.6 is 11.8 Å². The number of rotatable bonds is 6. The Hall–Kier alpha value is -1.32. The normalized spacial score (nSPS) is 12.7. The summed E-state index contributed by atoms with van der Waals surface area (Å²) >= 11 is 1.21. The Kier molecular flexibility index (Phi) is 5.38. The summed E-state index contributed by atoms with van der Waals surface area (Å²) in [5.41, 5.74) is 7.82. The van der Waals surface area contributed by atoms with Crippen LogP contribution < -0.4 is 17.0 Å². The zero-order chi connectivity index (χ0) is 13.7. The van der Waals surface area contributed by atoms with Crippen LogP contribution in [-0.4, -0.2) is 39.6 Å². The van der Waals surface area contributed by atoms with Gasteiger partial charge in [0.15, 0.2) is 5.16 Å². The predicted molar refractivity (Wildman–Crippen MR) is 68.7 cm³/mol. The molecule has 1 amide bonds. The molecule has 8 nitrogen and oxygen atoms in total. The third kappa shape index (κ3) is 3.34. The van der Waals surface area contributed by atoms with Gasteiger partial charge in [0.25, 0.3) is 0 Å². The van der Waals surface area contributed by atoms with Gasteiger partial charge < -0.3 is 10.5 Å². The van der Waals surface area contributed by atoms with E-state index in [4.69, 9.17) is 16.3 Å². The minimum Gasteiger partial charge on any atom is -0.383 e. The van der Waals surface area contributed by atoms with E-state index in [1.165, 1.54) is 18.9 Å². The van der Waals surface area contributed by atoms with E-state index >= 15 is 0 Å². The smallest absolute Gasteiger partial charge is 0.249 e. The van der Waals surface area contributed by atoms with Crippen LogP contribution in [0.3, 0.4) is 0 Å². The van der Waals surface area contributed by atoms with Crippen LogP contribution in [0.1, 0.15) is 19.9 Å². The number of nitrogens with two attached hydrogens (primary N) is 2. The highest BCUT2D eigenvalue weighted by atomic mass is 32.2. The van der Waals surface area contributed by atoms with Gasteiger partial charge in [-0.15, -0.1) is 10.2 Å². The summed E-state index contributed by atoms with van der Waals surface area (Å²) in [6.45, 7) is 4.13. The van der Waals surface area contributed by atoms with Crippen molar-refractivity contribution in [2.24, 2.45) is 5.84 Å². The van der Waals surface area contributed by atoms with Crippen molar-refractivity contribution in [1.29, 1.82) is 0 Å². The van der Waals surface area contributed by atoms with E-state index in [1.807, 2.05) is 13.8 Å². The number of amides is 1. The van der Waals surface area contributed by atoms with E-state index in [9.17, 15) is 4.79 Å². The van der Waals surface area contributed by atoms with Gasteiger partial charge in [0, 0.05) is 13.2 Å². The van der Waals surface area contributed by atoms with Gasteiger partial charge in [-0.25, -0.2) is 5.84 Å². The maximum atomic E-state index is 11.6. The Bertz CT molecular complexity index is 408. The molecule has 18 heavy (non-hydrogen) atoms. The Labute approximate surface area is 109 Å². The highest BCUT2D eigenvalue weighted by molar-refractivity contribution is 8.00. The number of methoxy groups -OCH3 is 1. The van der Waals surface area contributed by atoms with Crippen molar-refractivity contribution in [1.82, 2.24) is 20.2 Å². The predicted octanol–water partition coefficient (Wildman–Crippen LogP) is -0.462. The maximum Gasteiger partial charge on any atom is 0.249 e. The Morgan fingerprint density at radius 3 is 2.72 bits per heavy atom. The molecule has 0 aliphatic heterocycles. The van der Waals surface area contributed by atoms with Gasteiger partial charge in [-0.05, 0) is 13.8 Å². The van der Waals surface area contributed by atoms with Crippen molar-refractivity contribution >= 4 is 23.6 Å². The topological polar surface area (TPSA) is 121 Å². The second-order valence-corrected chi connectivity index (χ2v) is 5.04. The van der Waals surface area contributed by atoms with Gasteiger partial charge in [0.2, 0.25) is 11.9 Å². The third-order valence-electron chi connectivity index (χ3n) is 2.21. The van der Waals surface area contributed by atoms with Crippen molar-refractivity contribution in [3.63, 3.8) is 0 Å². The largest absolute Gasteiger partial charge is 0.383 e. The monoisotopic (exact) mass is 274 g/mol. The van der Waals surface area contributed by atoms with Crippen molar-refractivity contribution in [2.75, 3.05) is 19.5 Å². The molecule has 0 aromatic carbocycles. The molecule has 102 valence electrons. The molecule has 0 saturated carbocycles. The van der Waals surface area contributed by atoms with Gasteiger partial charge >= 0.3 is 0 Å². The molecule has 0 fully saturated rings. The number of ether oxygens (including phenoxy) is 1. The van der Waals surface area contributed by atoms with Gasteiger partial charge in [-0.2, -0.15) is 0 Å². The standard InChI is InChI=1S/C9H18N6O2S/c1-5(2)15-8(10)13-14-9(15)18-6(4-17-3)7(16)12-11/h5-6H,4,11H2,1-3H3,(H2,10,13)(H,12,16). The molecule has 0 bridgehead atoms. The van der Waals surface area contributed by atoms with E-state index < -0.39 is 5.25 Å². The second kappa shape index (κ2) is 6.57. The fourth-order valence-electron chi connectivity index (χ4n) is 1.39. The van der Waals surface area contributed by atoms with Crippen LogP contribution in [0, 0.1) is 0 Å². The number of aromatic nitrogens is 3. The Morgan fingerprint density at radius 1 is 1.56 bits per heavy atom. The molecule has 1 atom stereocenters. The van der Waals surface area contributed by atoms with Crippen molar-refractivity contribution in [2.45, 2.75) is 30.3 Å². The summed E-state index contributed by atoms with van der Waals surface area (Å²) in [5, 5.41) is 7.82. The lowest BCUT2D eigenvalue weighted by Gasteiger charge is -2.16.